The number of nitrogens with zero attached hydrogens (tertiary/aromatic N) is 1. The number of aryl methyl sites for hydroxylation is 1. The third-order valence-electron chi connectivity index (χ3n) is 4.83. The van der Waals surface area contributed by atoms with Crippen LogP contribution < -0.4 is 20.2 Å². The number of hydrazone groups is 1. The summed E-state index contributed by atoms with van der Waals surface area (Å²) < 4.78 is 16.8. The first-order chi connectivity index (χ1) is 16.7. The number of esters is 1. The molecule has 0 atom stereocenters. The van der Waals surface area contributed by atoms with E-state index in [1.807, 2.05) is 39.0 Å². The number of carbonyl (C=O) groups is 3. The van der Waals surface area contributed by atoms with Crippen molar-refractivity contribution in [2.24, 2.45) is 5.10 Å². The average molecular weight is 595 g/mol. The second-order valence-corrected chi connectivity index (χ2v) is 8.61. The zero-order chi connectivity index (χ0) is 25.8. The standard InChI is InChI=1S/C25H30IN3O6/c1-5-33-21-13-18(12-19(26)25(21)35-15-24(32)34-6-2)14-27-29-23(31)11-10-22(30)28-20-9-7-8-16(3)17(20)4/h7-9,12-14H,5-6,10-11,15H2,1-4H3,(H,28,30)(H,29,31). The van der Waals surface area contributed by atoms with Crippen LogP contribution in [0.5, 0.6) is 11.5 Å². The number of ether oxygens (including phenoxy) is 3. The van der Waals surface area contributed by atoms with Crippen LogP contribution in [0, 0.1) is 17.4 Å². The Morgan fingerprint density at radius 1 is 1.03 bits per heavy atom. The van der Waals surface area contributed by atoms with Gasteiger partial charge in [0.1, 0.15) is 0 Å². The smallest absolute Gasteiger partial charge is 0.344 e. The number of anilines is 1. The van der Waals surface area contributed by atoms with E-state index in [0.29, 0.717) is 27.2 Å². The Bertz CT molecular complexity index is 1090. The lowest BCUT2D eigenvalue weighted by Gasteiger charge is -2.14. The molecule has 0 unspecified atom stereocenters. The molecule has 2 rings (SSSR count). The van der Waals surface area contributed by atoms with Gasteiger partial charge in [-0.05, 0) is 85.2 Å². The van der Waals surface area contributed by atoms with E-state index in [1.165, 1.54) is 6.21 Å². The molecule has 0 aliphatic rings. The second-order valence-electron chi connectivity index (χ2n) is 7.45. The SMILES string of the molecule is CCOC(=O)COc1c(I)cc(C=NNC(=O)CCC(=O)Nc2cccc(C)c2C)cc1OCC. The lowest BCUT2D eigenvalue weighted by atomic mass is 10.1. The fourth-order valence-corrected chi connectivity index (χ4v) is 3.74. The monoisotopic (exact) mass is 595 g/mol. The van der Waals surface area contributed by atoms with Gasteiger partial charge in [0, 0.05) is 18.5 Å². The highest BCUT2D eigenvalue weighted by atomic mass is 127. The Hall–Kier alpha value is -3.15. The molecular formula is C25H30IN3O6. The minimum atomic E-state index is -0.471. The van der Waals surface area contributed by atoms with E-state index in [-0.39, 0.29) is 37.9 Å². The Morgan fingerprint density at radius 2 is 1.77 bits per heavy atom. The predicted molar refractivity (Wildman–Crippen MR) is 142 cm³/mol. The molecule has 0 spiro atoms. The molecule has 35 heavy (non-hydrogen) atoms. The molecule has 10 heteroatoms. The quantitative estimate of drug-likeness (QED) is 0.165. The molecule has 0 aromatic heterocycles. The fourth-order valence-electron chi connectivity index (χ4n) is 2.96. The van der Waals surface area contributed by atoms with Crippen molar-refractivity contribution in [1.29, 1.82) is 0 Å². The molecule has 0 fully saturated rings. The summed E-state index contributed by atoms with van der Waals surface area (Å²) in [7, 11) is 0. The normalized spacial score (nSPS) is 10.7. The van der Waals surface area contributed by atoms with Gasteiger partial charge in [-0.1, -0.05) is 12.1 Å². The molecule has 2 aromatic rings. The largest absolute Gasteiger partial charge is 0.490 e. The molecule has 0 bridgehead atoms. The highest BCUT2D eigenvalue weighted by molar-refractivity contribution is 14.1. The van der Waals surface area contributed by atoms with Crippen molar-refractivity contribution >= 4 is 52.3 Å². The number of carbonyl (C=O) groups excluding carboxylic acids is 3. The first kappa shape index (κ1) is 28.1. The van der Waals surface area contributed by atoms with Gasteiger partial charge in [0.15, 0.2) is 18.1 Å². The first-order valence-electron chi connectivity index (χ1n) is 11.2. The van der Waals surface area contributed by atoms with E-state index in [1.54, 1.807) is 19.1 Å². The molecule has 188 valence electrons. The average Bonchev–Trinajstić information content (AvgIpc) is 2.80. The highest BCUT2D eigenvalue weighted by Gasteiger charge is 2.14. The summed E-state index contributed by atoms with van der Waals surface area (Å²) >= 11 is 2.07. The van der Waals surface area contributed by atoms with Crippen LogP contribution in [0.1, 0.15) is 43.4 Å². The van der Waals surface area contributed by atoms with Crippen LogP contribution in [-0.4, -0.2) is 43.8 Å². The summed E-state index contributed by atoms with van der Waals surface area (Å²) in [4.78, 5) is 35.9. The maximum absolute atomic E-state index is 12.2. The van der Waals surface area contributed by atoms with Gasteiger partial charge in [-0.2, -0.15) is 5.10 Å². The van der Waals surface area contributed by atoms with E-state index in [4.69, 9.17) is 14.2 Å². The topological polar surface area (TPSA) is 115 Å². The van der Waals surface area contributed by atoms with E-state index in [2.05, 4.69) is 38.4 Å². The maximum atomic E-state index is 12.2. The molecule has 9 nitrogen and oxygen atoms in total. The van der Waals surface area contributed by atoms with Crippen LogP contribution in [0.15, 0.2) is 35.4 Å². The van der Waals surface area contributed by atoms with Crippen molar-refractivity contribution in [2.75, 3.05) is 25.1 Å². The van der Waals surface area contributed by atoms with Crippen molar-refractivity contribution in [1.82, 2.24) is 5.43 Å². The third kappa shape index (κ3) is 9.19. The van der Waals surface area contributed by atoms with Crippen LogP contribution in [0.2, 0.25) is 0 Å². The molecule has 2 amide bonds. The molecule has 2 aromatic carbocycles. The highest BCUT2D eigenvalue weighted by Crippen LogP contribution is 2.34. The van der Waals surface area contributed by atoms with Gasteiger partial charge < -0.3 is 19.5 Å². The summed E-state index contributed by atoms with van der Waals surface area (Å²) in [6.45, 7) is 7.90. The Kier molecular flexibility index (Phi) is 11.5. The molecule has 2 N–H and O–H groups in total. The minimum Gasteiger partial charge on any atom is -0.490 e. The van der Waals surface area contributed by atoms with Crippen molar-refractivity contribution in [3.05, 3.63) is 50.6 Å². The van der Waals surface area contributed by atoms with Crippen LogP contribution in [-0.2, 0) is 19.1 Å². The molecule has 0 aliphatic carbocycles. The molecule has 0 saturated heterocycles. The Morgan fingerprint density at radius 3 is 2.49 bits per heavy atom. The number of benzene rings is 2. The lowest BCUT2D eigenvalue weighted by Crippen LogP contribution is -2.21. The van der Waals surface area contributed by atoms with Gasteiger partial charge in [0.25, 0.3) is 0 Å². The fraction of sp³-hybridized carbons (Fsp3) is 0.360. The number of amides is 2. The summed E-state index contributed by atoms with van der Waals surface area (Å²) in [6.07, 6.45) is 1.50. The summed E-state index contributed by atoms with van der Waals surface area (Å²) in [6, 6.07) is 9.14. The third-order valence-corrected chi connectivity index (χ3v) is 5.63. The summed E-state index contributed by atoms with van der Waals surface area (Å²) in [5, 5.41) is 6.80. The van der Waals surface area contributed by atoms with Gasteiger partial charge in [0.2, 0.25) is 11.8 Å². The molecule has 0 radical (unpaired) electrons. The van der Waals surface area contributed by atoms with Gasteiger partial charge in [-0.3, -0.25) is 9.59 Å². The van der Waals surface area contributed by atoms with Crippen molar-refractivity contribution in [3.63, 3.8) is 0 Å². The van der Waals surface area contributed by atoms with Crippen LogP contribution in [0.25, 0.3) is 0 Å². The van der Waals surface area contributed by atoms with Gasteiger partial charge in [0.05, 0.1) is 23.0 Å². The van der Waals surface area contributed by atoms with E-state index >= 15 is 0 Å². The van der Waals surface area contributed by atoms with Crippen molar-refractivity contribution in [2.45, 2.75) is 40.5 Å². The minimum absolute atomic E-state index is 0.00357. The Balaban J connectivity index is 1.92. The number of hydrogen-bond acceptors (Lipinski definition) is 7. The van der Waals surface area contributed by atoms with E-state index in [9.17, 15) is 14.4 Å². The van der Waals surface area contributed by atoms with Crippen LogP contribution in [0.3, 0.4) is 0 Å². The zero-order valence-corrected chi connectivity index (χ0v) is 22.4. The number of rotatable bonds is 12. The number of nitrogens with one attached hydrogen (secondary N) is 2. The summed E-state index contributed by atoms with van der Waals surface area (Å²) in [5.74, 6) is -0.225. The predicted octanol–water partition coefficient (Wildman–Crippen LogP) is 4.12. The lowest BCUT2D eigenvalue weighted by molar-refractivity contribution is -0.145. The zero-order valence-electron chi connectivity index (χ0n) is 20.3. The molecule has 0 aliphatic heterocycles. The second kappa shape index (κ2) is 14.3. The van der Waals surface area contributed by atoms with Crippen LogP contribution >= 0.6 is 22.6 Å². The van der Waals surface area contributed by atoms with Gasteiger partial charge >= 0.3 is 5.97 Å². The Labute approximate surface area is 218 Å². The van der Waals surface area contributed by atoms with Crippen LogP contribution in [0.4, 0.5) is 5.69 Å². The first-order valence-corrected chi connectivity index (χ1v) is 12.3. The van der Waals surface area contributed by atoms with Gasteiger partial charge in [-0.15, -0.1) is 0 Å². The van der Waals surface area contributed by atoms with E-state index < -0.39 is 5.97 Å². The van der Waals surface area contributed by atoms with Crippen molar-refractivity contribution in [3.8, 4) is 11.5 Å². The molecule has 0 saturated carbocycles. The van der Waals surface area contributed by atoms with Gasteiger partial charge in [-0.25, -0.2) is 10.2 Å². The molecular weight excluding hydrogens is 565 g/mol. The molecule has 0 heterocycles. The van der Waals surface area contributed by atoms with E-state index in [0.717, 1.165) is 16.8 Å². The summed E-state index contributed by atoms with van der Waals surface area (Å²) in [5.41, 5.74) is 5.90. The maximum Gasteiger partial charge on any atom is 0.344 e. The number of halogens is 1. The number of hydrogen-bond donors (Lipinski definition) is 2. The van der Waals surface area contributed by atoms with Crippen molar-refractivity contribution < 1.29 is 28.6 Å².